The smallest absolute Gasteiger partial charge is 0.311 e. The van der Waals surface area contributed by atoms with Gasteiger partial charge < -0.3 is 14.3 Å². The van der Waals surface area contributed by atoms with Gasteiger partial charge in [0.2, 0.25) is 0 Å². The first-order chi connectivity index (χ1) is 12.6. The predicted molar refractivity (Wildman–Crippen MR) is 97.4 cm³/mol. The lowest BCUT2D eigenvalue weighted by Crippen LogP contribution is -2.02. The zero-order valence-corrected chi connectivity index (χ0v) is 13.9. The summed E-state index contributed by atoms with van der Waals surface area (Å²) in [6.45, 7) is 0. The Morgan fingerprint density at radius 3 is 2.46 bits per heavy atom. The predicted octanol–water partition coefficient (Wildman–Crippen LogP) is 4.58. The summed E-state index contributed by atoms with van der Waals surface area (Å²) in [5.74, 6) is 0.152. The molecule has 26 heavy (non-hydrogen) atoms. The Morgan fingerprint density at radius 1 is 1.00 bits per heavy atom. The first-order valence-corrected chi connectivity index (χ1v) is 8.00. The van der Waals surface area contributed by atoms with Crippen LogP contribution in [0.1, 0.15) is 17.2 Å². The number of methoxy groups -OCH3 is 1. The van der Waals surface area contributed by atoms with E-state index >= 15 is 0 Å². The number of rotatable bonds is 4. The van der Waals surface area contributed by atoms with Gasteiger partial charge in [0.25, 0.3) is 0 Å². The van der Waals surface area contributed by atoms with Crippen LogP contribution in [0, 0.1) is 10.1 Å². The SMILES string of the molecule is COc1ccc([C@H](O)c2ccc3c(c2)oc2ccccc23)cc1[N+](=O)[O-]. The molecule has 0 aliphatic heterocycles. The highest BCUT2D eigenvalue weighted by Gasteiger charge is 2.20. The minimum atomic E-state index is -1.02. The number of hydrogen-bond acceptors (Lipinski definition) is 5. The van der Waals surface area contributed by atoms with Crippen molar-refractivity contribution in [1.82, 2.24) is 0 Å². The Morgan fingerprint density at radius 2 is 1.69 bits per heavy atom. The number of furan rings is 1. The number of aliphatic hydroxyl groups excluding tert-OH is 1. The van der Waals surface area contributed by atoms with Gasteiger partial charge in [-0.1, -0.05) is 36.4 Å². The lowest BCUT2D eigenvalue weighted by molar-refractivity contribution is -0.385. The number of nitro groups is 1. The maximum Gasteiger partial charge on any atom is 0.311 e. The summed E-state index contributed by atoms with van der Waals surface area (Å²) in [4.78, 5) is 10.7. The normalized spacial score (nSPS) is 12.4. The van der Waals surface area contributed by atoms with E-state index in [1.54, 1.807) is 18.2 Å². The standard InChI is InChI=1S/C20H15NO5/c1-25-18-9-7-12(10-16(18)21(23)24)20(22)13-6-8-15-14-4-2-3-5-17(14)26-19(15)11-13/h2-11,20,22H,1H3/t20-/m0/s1. The van der Waals surface area contributed by atoms with Crippen LogP contribution < -0.4 is 4.74 Å². The Labute approximate surface area is 148 Å². The van der Waals surface area contributed by atoms with Crippen LogP contribution in [0.15, 0.2) is 65.1 Å². The third-order valence-electron chi connectivity index (χ3n) is 4.43. The highest BCUT2D eigenvalue weighted by molar-refractivity contribution is 6.04. The molecule has 4 aromatic rings. The first kappa shape index (κ1) is 16.1. The minimum absolute atomic E-state index is 0.152. The van der Waals surface area contributed by atoms with E-state index in [1.807, 2.05) is 30.3 Å². The number of aliphatic hydroxyl groups is 1. The van der Waals surface area contributed by atoms with E-state index in [2.05, 4.69) is 0 Å². The molecule has 0 spiro atoms. The largest absolute Gasteiger partial charge is 0.490 e. The summed E-state index contributed by atoms with van der Waals surface area (Å²) in [6.07, 6.45) is -1.02. The van der Waals surface area contributed by atoms with Gasteiger partial charge in [-0.3, -0.25) is 10.1 Å². The molecule has 1 heterocycles. The van der Waals surface area contributed by atoms with Gasteiger partial charge in [0.05, 0.1) is 12.0 Å². The molecule has 6 nitrogen and oxygen atoms in total. The van der Waals surface area contributed by atoms with E-state index in [0.717, 1.165) is 16.4 Å². The van der Waals surface area contributed by atoms with Crippen molar-refractivity contribution in [2.75, 3.05) is 7.11 Å². The Kier molecular flexibility index (Phi) is 3.82. The van der Waals surface area contributed by atoms with Crippen LogP contribution in [-0.2, 0) is 0 Å². The minimum Gasteiger partial charge on any atom is -0.490 e. The van der Waals surface area contributed by atoms with Crippen LogP contribution in [0.25, 0.3) is 21.9 Å². The summed E-state index contributed by atoms with van der Waals surface area (Å²) in [5.41, 5.74) is 2.25. The van der Waals surface area contributed by atoms with E-state index in [0.29, 0.717) is 16.7 Å². The number of benzene rings is 3. The number of nitro benzene ring substituents is 1. The van der Waals surface area contributed by atoms with Crippen LogP contribution in [0.3, 0.4) is 0 Å². The third-order valence-corrected chi connectivity index (χ3v) is 4.43. The van der Waals surface area contributed by atoms with Crippen LogP contribution >= 0.6 is 0 Å². The highest BCUT2D eigenvalue weighted by Crippen LogP contribution is 2.34. The van der Waals surface area contributed by atoms with Crippen LogP contribution in [0.5, 0.6) is 5.75 Å². The average Bonchev–Trinajstić information content (AvgIpc) is 3.04. The van der Waals surface area contributed by atoms with E-state index in [1.165, 1.54) is 19.2 Å². The van der Waals surface area contributed by atoms with Crippen LogP contribution in [-0.4, -0.2) is 17.1 Å². The van der Waals surface area contributed by atoms with Crippen molar-refractivity contribution in [3.05, 3.63) is 81.9 Å². The zero-order chi connectivity index (χ0) is 18.3. The number of nitrogens with zero attached hydrogens (tertiary/aromatic N) is 1. The van der Waals surface area contributed by atoms with Gasteiger partial charge >= 0.3 is 5.69 Å². The second-order valence-electron chi connectivity index (χ2n) is 5.94. The fourth-order valence-electron chi connectivity index (χ4n) is 3.12. The fraction of sp³-hybridized carbons (Fsp3) is 0.100. The van der Waals surface area contributed by atoms with Gasteiger partial charge in [0, 0.05) is 16.8 Å². The molecule has 0 unspecified atom stereocenters. The van der Waals surface area contributed by atoms with E-state index < -0.39 is 11.0 Å². The molecule has 0 amide bonds. The number of ether oxygens (including phenoxy) is 1. The molecule has 3 aromatic carbocycles. The summed E-state index contributed by atoms with van der Waals surface area (Å²) >= 11 is 0. The summed E-state index contributed by atoms with van der Waals surface area (Å²) in [7, 11) is 1.37. The molecule has 0 bridgehead atoms. The van der Waals surface area contributed by atoms with E-state index in [9.17, 15) is 15.2 Å². The Balaban J connectivity index is 1.78. The van der Waals surface area contributed by atoms with Gasteiger partial charge in [0.15, 0.2) is 5.75 Å². The molecule has 4 rings (SSSR count). The molecule has 0 radical (unpaired) electrons. The summed E-state index contributed by atoms with van der Waals surface area (Å²) < 4.78 is 10.8. The highest BCUT2D eigenvalue weighted by atomic mass is 16.6. The number of hydrogen-bond donors (Lipinski definition) is 1. The van der Waals surface area contributed by atoms with Crippen molar-refractivity contribution in [1.29, 1.82) is 0 Å². The molecular formula is C20H15NO5. The van der Waals surface area contributed by atoms with Crippen molar-refractivity contribution in [2.45, 2.75) is 6.10 Å². The third kappa shape index (κ3) is 2.57. The summed E-state index contributed by atoms with van der Waals surface area (Å²) in [5, 5.41) is 23.8. The van der Waals surface area contributed by atoms with Crippen LogP contribution in [0.2, 0.25) is 0 Å². The van der Waals surface area contributed by atoms with Crippen molar-refractivity contribution in [3.63, 3.8) is 0 Å². The van der Waals surface area contributed by atoms with Crippen molar-refractivity contribution < 1.29 is 19.2 Å². The van der Waals surface area contributed by atoms with Crippen molar-refractivity contribution in [3.8, 4) is 5.75 Å². The monoisotopic (exact) mass is 349 g/mol. The van der Waals surface area contributed by atoms with E-state index in [4.69, 9.17) is 9.15 Å². The Bertz CT molecular complexity index is 1130. The van der Waals surface area contributed by atoms with Crippen LogP contribution in [0.4, 0.5) is 5.69 Å². The molecule has 130 valence electrons. The van der Waals surface area contributed by atoms with E-state index in [-0.39, 0.29) is 11.4 Å². The fourth-order valence-corrected chi connectivity index (χ4v) is 3.12. The molecule has 1 N–H and O–H groups in total. The molecule has 6 heteroatoms. The molecule has 0 aliphatic rings. The lowest BCUT2D eigenvalue weighted by atomic mass is 9.99. The van der Waals surface area contributed by atoms with Gasteiger partial charge in [-0.2, -0.15) is 0 Å². The molecule has 0 saturated heterocycles. The molecule has 1 aromatic heterocycles. The van der Waals surface area contributed by atoms with Crippen molar-refractivity contribution >= 4 is 27.6 Å². The van der Waals surface area contributed by atoms with Gasteiger partial charge in [0.1, 0.15) is 17.3 Å². The zero-order valence-electron chi connectivity index (χ0n) is 13.9. The Hall–Kier alpha value is -3.38. The molecule has 0 fully saturated rings. The maximum absolute atomic E-state index is 11.2. The molecular weight excluding hydrogens is 334 g/mol. The van der Waals surface area contributed by atoms with Gasteiger partial charge in [-0.05, 0) is 29.3 Å². The number of fused-ring (bicyclic) bond motifs is 3. The second kappa shape index (κ2) is 6.16. The second-order valence-corrected chi connectivity index (χ2v) is 5.94. The maximum atomic E-state index is 11.2. The quantitative estimate of drug-likeness (QED) is 0.430. The summed E-state index contributed by atoms with van der Waals surface area (Å²) in [6, 6.07) is 17.6. The molecule has 1 atom stereocenters. The average molecular weight is 349 g/mol. The molecule has 0 aliphatic carbocycles. The van der Waals surface area contributed by atoms with Gasteiger partial charge in [-0.25, -0.2) is 0 Å². The van der Waals surface area contributed by atoms with Crippen molar-refractivity contribution in [2.24, 2.45) is 0 Å². The topological polar surface area (TPSA) is 85.7 Å². The lowest BCUT2D eigenvalue weighted by Gasteiger charge is -2.12. The van der Waals surface area contributed by atoms with Gasteiger partial charge in [-0.15, -0.1) is 0 Å². The number of para-hydroxylation sites is 1. The molecule has 0 saturated carbocycles. The first-order valence-electron chi connectivity index (χ1n) is 8.00.